The average molecular weight is 338 g/mol. The molecule has 0 saturated carbocycles. The van der Waals surface area contributed by atoms with Crippen molar-refractivity contribution in [2.24, 2.45) is 0 Å². The van der Waals surface area contributed by atoms with Crippen LogP contribution in [0.25, 0.3) is 0 Å². The molecule has 0 spiro atoms. The van der Waals surface area contributed by atoms with E-state index in [0.29, 0.717) is 0 Å². The maximum absolute atomic E-state index is 5.82. The molecule has 0 bridgehead atoms. The van der Waals surface area contributed by atoms with E-state index in [1.54, 1.807) is 0 Å². The first-order valence-electron chi connectivity index (χ1n) is 6.87. The van der Waals surface area contributed by atoms with E-state index < -0.39 is 0 Å². The van der Waals surface area contributed by atoms with E-state index in [-0.39, 0.29) is 12.1 Å². The Labute approximate surface area is 128 Å². The lowest BCUT2D eigenvalue weighted by Crippen LogP contribution is -2.10. The second-order valence-corrected chi connectivity index (χ2v) is 5.65. The smallest absolute Gasteiger partial charge is 0.169 e. The van der Waals surface area contributed by atoms with E-state index >= 15 is 0 Å². The van der Waals surface area contributed by atoms with Gasteiger partial charge in [-0.15, -0.1) is 0 Å². The van der Waals surface area contributed by atoms with Crippen LogP contribution in [0.15, 0.2) is 45.5 Å². The summed E-state index contributed by atoms with van der Waals surface area (Å²) in [6.45, 7) is 6.25. The highest BCUT2D eigenvalue weighted by molar-refractivity contribution is 9.10. The summed E-state index contributed by atoms with van der Waals surface area (Å²) < 4.78 is 12.1. The molecule has 0 saturated heterocycles. The molecule has 1 heterocycles. The Morgan fingerprint density at radius 3 is 2.70 bits per heavy atom. The molecule has 108 valence electrons. The Morgan fingerprint density at radius 2 is 2.05 bits per heavy atom. The van der Waals surface area contributed by atoms with Crippen LogP contribution in [0.3, 0.4) is 0 Å². The Bertz CT molecular complexity index is 553. The van der Waals surface area contributed by atoms with Crippen LogP contribution in [0.1, 0.15) is 39.0 Å². The van der Waals surface area contributed by atoms with Crippen molar-refractivity contribution in [3.63, 3.8) is 0 Å². The molecule has 2 aromatic rings. The second kappa shape index (κ2) is 6.84. The number of rotatable bonds is 6. The Morgan fingerprint density at radius 1 is 1.25 bits per heavy atom. The zero-order chi connectivity index (χ0) is 14.5. The average Bonchev–Trinajstić information content (AvgIpc) is 2.86. The summed E-state index contributed by atoms with van der Waals surface area (Å²) in [5, 5.41) is 3.41. The van der Waals surface area contributed by atoms with Crippen LogP contribution < -0.4 is 10.1 Å². The van der Waals surface area contributed by atoms with Gasteiger partial charge in [0.2, 0.25) is 0 Å². The topological polar surface area (TPSA) is 34.4 Å². The molecule has 1 aromatic carbocycles. The van der Waals surface area contributed by atoms with Gasteiger partial charge in [-0.05, 0) is 60.5 Å². The summed E-state index contributed by atoms with van der Waals surface area (Å²) in [5.41, 5.74) is 1.02. The predicted molar refractivity (Wildman–Crippen MR) is 85.3 cm³/mol. The Balaban J connectivity index is 2.04. The van der Waals surface area contributed by atoms with Crippen LogP contribution in [0.4, 0.5) is 5.69 Å². The fourth-order valence-electron chi connectivity index (χ4n) is 1.86. The van der Waals surface area contributed by atoms with Crippen LogP contribution in [0.5, 0.6) is 5.75 Å². The minimum absolute atomic E-state index is 0.0974. The molecule has 0 aliphatic heterocycles. The van der Waals surface area contributed by atoms with Crippen molar-refractivity contribution in [3.8, 4) is 5.75 Å². The molecule has 2 atom stereocenters. The number of nitrogens with one attached hydrogen (secondary N) is 1. The quantitative estimate of drug-likeness (QED) is 0.766. The van der Waals surface area contributed by atoms with Crippen LogP contribution in [-0.4, -0.2) is 6.10 Å². The third-order valence-electron chi connectivity index (χ3n) is 3.15. The summed E-state index contributed by atoms with van der Waals surface area (Å²) >= 11 is 3.32. The molecule has 0 aliphatic rings. The molecular weight excluding hydrogens is 318 g/mol. The molecule has 0 fully saturated rings. The summed E-state index contributed by atoms with van der Waals surface area (Å²) in [5.74, 6) is 1.78. The second-order valence-electron chi connectivity index (χ2n) is 4.87. The molecule has 20 heavy (non-hydrogen) atoms. The van der Waals surface area contributed by atoms with E-state index in [4.69, 9.17) is 9.15 Å². The van der Waals surface area contributed by atoms with Gasteiger partial charge < -0.3 is 14.5 Å². The monoisotopic (exact) mass is 337 g/mol. The lowest BCUT2D eigenvalue weighted by atomic mass is 10.2. The molecule has 0 amide bonds. The van der Waals surface area contributed by atoms with Crippen molar-refractivity contribution < 1.29 is 9.15 Å². The summed E-state index contributed by atoms with van der Waals surface area (Å²) in [6.07, 6.45) is 1.22. The van der Waals surface area contributed by atoms with Crippen molar-refractivity contribution in [1.82, 2.24) is 0 Å². The molecular formula is C16H20BrNO2. The SMILES string of the molecule is CCC(C)Oc1cccc(NC(C)c2ccc(Br)o2)c1. The highest BCUT2D eigenvalue weighted by atomic mass is 79.9. The number of furan rings is 1. The van der Waals surface area contributed by atoms with Gasteiger partial charge in [-0.3, -0.25) is 0 Å². The van der Waals surface area contributed by atoms with Gasteiger partial charge in [-0.1, -0.05) is 13.0 Å². The molecule has 1 aromatic heterocycles. The third-order valence-corrected chi connectivity index (χ3v) is 3.58. The van der Waals surface area contributed by atoms with Gasteiger partial charge in [0, 0.05) is 11.8 Å². The predicted octanol–water partition coefficient (Wildman–Crippen LogP) is 5.39. The minimum atomic E-state index is 0.0974. The van der Waals surface area contributed by atoms with Crippen molar-refractivity contribution in [3.05, 3.63) is 46.8 Å². The fraction of sp³-hybridized carbons (Fsp3) is 0.375. The fourth-order valence-corrected chi connectivity index (χ4v) is 2.18. The van der Waals surface area contributed by atoms with Gasteiger partial charge in [-0.25, -0.2) is 0 Å². The lowest BCUT2D eigenvalue weighted by Gasteiger charge is -2.16. The summed E-state index contributed by atoms with van der Waals surface area (Å²) in [6, 6.07) is 12.0. The van der Waals surface area contributed by atoms with Crippen molar-refractivity contribution >= 4 is 21.6 Å². The zero-order valence-electron chi connectivity index (χ0n) is 12.0. The minimum Gasteiger partial charge on any atom is -0.491 e. The number of anilines is 1. The number of benzene rings is 1. The van der Waals surface area contributed by atoms with E-state index in [2.05, 4.69) is 42.0 Å². The van der Waals surface area contributed by atoms with E-state index in [1.807, 2.05) is 36.4 Å². The maximum atomic E-state index is 5.82. The van der Waals surface area contributed by atoms with E-state index in [9.17, 15) is 0 Å². The lowest BCUT2D eigenvalue weighted by molar-refractivity contribution is 0.217. The van der Waals surface area contributed by atoms with Gasteiger partial charge in [-0.2, -0.15) is 0 Å². The maximum Gasteiger partial charge on any atom is 0.169 e. The van der Waals surface area contributed by atoms with Crippen molar-refractivity contribution in [2.75, 3.05) is 5.32 Å². The Kier molecular flexibility index (Phi) is 5.12. The zero-order valence-corrected chi connectivity index (χ0v) is 13.6. The van der Waals surface area contributed by atoms with E-state index in [1.165, 1.54) is 0 Å². The van der Waals surface area contributed by atoms with Crippen LogP contribution >= 0.6 is 15.9 Å². The van der Waals surface area contributed by atoms with Crippen LogP contribution in [0, 0.1) is 0 Å². The number of hydrogen-bond acceptors (Lipinski definition) is 3. The van der Waals surface area contributed by atoms with Crippen LogP contribution in [0.2, 0.25) is 0 Å². The first-order chi connectivity index (χ1) is 9.58. The molecule has 2 unspecified atom stereocenters. The highest BCUT2D eigenvalue weighted by Crippen LogP contribution is 2.26. The third kappa shape index (κ3) is 4.04. The highest BCUT2D eigenvalue weighted by Gasteiger charge is 2.10. The first-order valence-corrected chi connectivity index (χ1v) is 7.66. The van der Waals surface area contributed by atoms with Crippen molar-refractivity contribution in [2.45, 2.75) is 39.3 Å². The largest absolute Gasteiger partial charge is 0.491 e. The normalized spacial score (nSPS) is 13.8. The van der Waals surface area contributed by atoms with Gasteiger partial charge in [0.15, 0.2) is 4.67 Å². The van der Waals surface area contributed by atoms with Gasteiger partial charge >= 0.3 is 0 Å². The van der Waals surface area contributed by atoms with Gasteiger partial charge in [0.05, 0.1) is 12.1 Å². The van der Waals surface area contributed by atoms with Crippen LogP contribution in [-0.2, 0) is 0 Å². The molecule has 1 N–H and O–H groups in total. The first kappa shape index (κ1) is 15.0. The summed E-state index contributed by atoms with van der Waals surface area (Å²) in [7, 11) is 0. The number of ether oxygens (including phenoxy) is 1. The molecule has 4 heteroatoms. The standard InChI is InChI=1S/C16H20BrNO2/c1-4-11(2)19-14-7-5-6-13(10-14)18-12(3)15-8-9-16(17)20-15/h5-12,18H,4H2,1-3H3. The van der Waals surface area contributed by atoms with Gasteiger partial charge in [0.25, 0.3) is 0 Å². The van der Waals surface area contributed by atoms with Gasteiger partial charge in [0.1, 0.15) is 11.5 Å². The summed E-state index contributed by atoms with van der Waals surface area (Å²) in [4.78, 5) is 0. The van der Waals surface area contributed by atoms with E-state index in [0.717, 1.165) is 28.3 Å². The molecule has 3 nitrogen and oxygen atoms in total. The molecule has 0 aliphatic carbocycles. The Hall–Kier alpha value is -1.42. The molecule has 2 rings (SSSR count). The molecule has 0 radical (unpaired) electrons. The van der Waals surface area contributed by atoms with Crippen molar-refractivity contribution in [1.29, 1.82) is 0 Å². The number of hydrogen-bond donors (Lipinski definition) is 1. The number of halogens is 1.